The van der Waals surface area contributed by atoms with Gasteiger partial charge in [-0.2, -0.15) is 4.98 Å². The van der Waals surface area contributed by atoms with Crippen LogP contribution in [0.5, 0.6) is 0 Å². The van der Waals surface area contributed by atoms with Crippen molar-refractivity contribution in [1.82, 2.24) is 18.7 Å². The molecule has 10 heteroatoms. The summed E-state index contributed by atoms with van der Waals surface area (Å²) in [6, 6.07) is 7.44. The highest BCUT2D eigenvalue weighted by Gasteiger charge is 2.26. The number of carbonyl (C=O) groups is 1. The molecule has 2 aromatic heterocycles. The zero-order valence-corrected chi connectivity index (χ0v) is 21.5. The van der Waals surface area contributed by atoms with E-state index in [0.29, 0.717) is 42.3 Å². The third-order valence-corrected chi connectivity index (χ3v) is 6.53. The molecule has 3 N–H and O–H groups in total. The number of hydrogen-bond donors (Lipinski definition) is 2. The topological polar surface area (TPSA) is 120 Å². The highest BCUT2D eigenvalue weighted by Crippen LogP contribution is 2.23. The molecule has 1 unspecified atom stereocenters. The number of nitrogens with zero attached hydrogens (tertiary/aromatic N) is 5. The Morgan fingerprint density at radius 1 is 1.17 bits per heavy atom. The maximum absolute atomic E-state index is 13.7. The van der Waals surface area contributed by atoms with Crippen LogP contribution >= 0.6 is 0 Å². The maximum Gasteiger partial charge on any atom is 0.332 e. The molecule has 1 aromatic carbocycles. The number of amides is 1. The molecule has 192 valence electrons. The quantitative estimate of drug-likeness (QED) is 0.486. The van der Waals surface area contributed by atoms with E-state index in [9.17, 15) is 14.4 Å². The van der Waals surface area contributed by atoms with Crippen LogP contribution in [0.15, 0.2) is 45.5 Å². The SMILES string of the molecule is CC(=O)Nc1ccc(CCn2c(=O)c3c(nc(N4CCCC(N)C4)n3CC=C(C)C)n(C)c2=O)cc1. The molecule has 4 rings (SSSR count). The molecule has 0 spiro atoms. The molecule has 0 radical (unpaired) electrons. The van der Waals surface area contributed by atoms with Crippen molar-refractivity contribution in [1.29, 1.82) is 0 Å². The lowest BCUT2D eigenvalue weighted by molar-refractivity contribution is -0.114. The molecule has 1 atom stereocenters. The number of allylic oxidation sites excluding steroid dienone is 2. The first-order chi connectivity index (χ1) is 17.2. The Bertz CT molecular complexity index is 1410. The van der Waals surface area contributed by atoms with Crippen LogP contribution in [0.2, 0.25) is 0 Å². The fourth-order valence-electron chi connectivity index (χ4n) is 4.64. The number of rotatable bonds is 7. The van der Waals surface area contributed by atoms with Gasteiger partial charge in [-0.3, -0.25) is 18.7 Å². The minimum absolute atomic E-state index is 0.0491. The van der Waals surface area contributed by atoms with Gasteiger partial charge in [0.15, 0.2) is 11.2 Å². The van der Waals surface area contributed by atoms with Crippen molar-refractivity contribution in [3.8, 4) is 0 Å². The third-order valence-electron chi connectivity index (χ3n) is 6.53. The maximum atomic E-state index is 13.7. The standard InChI is InChI=1S/C26H35N7O3/c1-17(2)11-14-32-22-23(29-25(32)31-13-5-6-20(27)16-31)30(4)26(36)33(24(22)35)15-12-19-7-9-21(10-8-19)28-18(3)34/h7-11,20H,5-6,12-16,27H2,1-4H3,(H,28,34). The van der Waals surface area contributed by atoms with Gasteiger partial charge >= 0.3 is 5.69 Å². The number of imidazole rings is 1. The number of anilines is 2. The Morgan fingerprint density at radius 2 is 1.89 bits per heavy atom. The molecule has 1 aliphatic rings. The molecule has 1 saturated heterocycles. The Labute approximate surface area is 210 Å². The largest absolute Gasteiger partial charge is 0.341 e. The van der Waals surface area contributed by atoms with Gasteiger partial charge < -0.3 is 20.5 Å². The average Bonchev–Trinajstić information content (AvgIpc) is 3.22. The van der Waals surface area contributed by atoms with Crippen LogP contribution in [-0.4, -0.2) is 43.7 Å². The van der Waals surface area contributed by atoms with E-state index in [1.165, 1.54) is 16.1 Å². The summed E-state index contributed by atoms with van der Waals surface area (Å²) < 4.78 is 4.67. The summed E-state index contributed by atoms with van der Waals surface area (Å²) in [4.78, 5) is 45.1. The number of nitrogens with two attached hydrogens (primary N) is 1. The minimum atomic E-state index is -0.392. The molecule has 0 bridgehead atoms. The second kappa shape index (κ2) is 10.5. The molecule has 10 nitrogen and oxygen atoms in total. The van der Waals surface area contributed by atoms with E-state index in [2.05, 4.69) is 16.3 Å². The second-order valence-corrected chi connectivity index (χ2v) is 9.75. The third kappa shape index (κ3) is 5.28. The molecule has 0 saturated carbocycles. The van der Waals surface area contributed by atoms with Gasteiger partial charge in [-0.15, -0.1) is 0 Å². The summed E-state index contributed by atoms with van der Waals surface area (Å²) in [6.07, 6.45) is 4.47. The highest BCUT2D eigenvalue weighted by molar-refractivity contribution is 5.88. The second-order valence-electron chi connectivity index (χ2n) is 9.75. The van der Waals surface area contributed by atoms with Crippen molar-refractivity contribution in [2.24, 2.45) is 12.8 Å². The summed E-state index contributed by atoms with van der Waals surface area (Å²) in [7, 11) is 1.66. The van der Waals surface area contributed by atoms with E-state index in [1.54, 1.807) is 7.05 Å². The zero-order chi connectivity index (χ0) is 26.0. The number of aryl methyl sites for hydroxylation is 2. The van der Waals surface area contributed by atoms with E-state index in [4.69, 9.17) is 10.7 Å². The van der Waals surface area contributed by atoms with Gasteiger partial charge in [0.25, 0.3) is 5.56 Å². The van der Waals surface area contributed by atoms with Crippen molar-refractivity contribution in [2.45, 2.75) is 59.2 Å². The summed E-state index contributed by atoms with van der Waals surface area (Å²) in [5.74, 6) is 0.540. The van der Waals surface area contributed by atoms with Crippen molar-refractivity contribution in [2.75, 3.05) is 23.3 Å². The number of fused-ring (bicyclic) bond motifs is 1. The van der Waals surface area contributed by atoms with Gasteiger partial charge in [0.1, 0.15) is 0 Å². The van der Waals surface area contributed by atoms with E-state index in [1.807, 2.05) is 42.7 Å². The monoisotopic (exact) mass is 493 g/mol. The number of benzene rings is 1. The fourth-order valence-corrected chi connectivity index (χ4v) is 4.64. The Kier molecular flexibility index (Phi) is 7.44. The highest BCUT2D eigenvalue weighted by atomic mass is 16.2. The van der Waals surface area contributed by atoms with Crippen LogP contribution in [0.25, 0.3) is 11.2 Å². The first kappa shape index (κ1) is 25.4. The summed E-state index contributed by atoms with van der Waals surface area (Å²) in [5.41, 5.74) is 9.10. The van der Waals surface area contributed by atoms with Crippen LogP contribution in [0, 0.1) is 0 Å². The van der Waals surface area contributed by atoms with Gasteiger partial charge in [0, 0.05) is 51.9 Å². The predicted molar refractivity (Wildman–Crippen MR) is 143 cm³/mol. The Balaban J connectivity index is 1.74. The van der Waals surface area contributed by atoms with E-state index < -0.39 is 5.69 Å². The van der Waals surface area contributed by atoms with E-state index in [-0.39, 0.29) is 24.1 Å². The van der Waals surface area contributed by atoms with E-state index >= 15 is 0 Å². The molecule has 1 aliphatic heterocycles. The number of piperidine rings is 1. The van der Waals surface area contributed by atoms with E-state index in [0.717, 1.165) is 30.5 Å². The lowest BCUT2D eigenvalue weighted by Crippen LogP contribution is -2.44. The Hall–Kier alpha value is -3.66. The Morgan fingerprint density at radius 3 is 2.53 bits per heavy atom. The van der Waals surface area contributed by atoms with Gasteiger partial charge in [-0.1, -0.05) is 23.8 Å². The first-order valence-corrected chi connectivity index (χ1v) is 12.4. The lowest BCUT2D eigenvalue weighted by Gasteiger charge is -2.31. The van der Waals surface area contributed by atoms with Gasteiger partial charge in [0.05, 0.1) is 0 Å². The van der Waals surface area contributed by atoms with Crippen LogP contribution < -0.4 is 27.2 Å². The van der Waals surface area contributed by atoms with Crippen LogP contribution in [0.1, 0.15) is 39.2 Å². The van der Waals surface area contributed by atoms with Crippen LogP contribution in [0.4, 0.5) is 11.6 Å². The number of hydrogen-bond acceptors (Lipinski definition) is 6. The molecule has 0 aliphatic carbocycles. The number of carbonyl (C=O) groups excluding carboxylic acids is 1. The molecule has 1 fully saturated rings. The summed E-state index contributed by atoms with van der Waals surface area (Å²) >= 11 is 0. The molecular weight excluding hydrogens is 458 g/mol. The normalized spacial score (nSPS) is 15.8. The number of nitrogens with one attached hydrogen (secondary N) is 1. The molecule has 1 amide bonds. The zero-order valence-electron chi connectivity index (χ0n) is 21.5. The van der Waals surface area contributed by atoms with Gasteiger partial charge in [0.2, 0.25) is 11.9 Å². The van der Waals surface area contributed by atoms with Crippen molar-refractivity contribution < 1.29 is 4.79 Å². The minimum Gasteiger partial charge on any atom is -0.341 e. The van der Waals surface area contributed by atoms with Crippen molar-refractivity contribution in [3.63, 3.8) is 0 Å². The fraction of sp³-hybridized carbons (Fsp3) is 0.462. The van der Waals surface area contributed by atoms with Crippen molar-refractivity contribution >= 4 is 28.7 Å². The molecule has 3 aromatic rings. The van der Waals surface area contributed by atoms with Gasteiger partial charge in [-0.05, 0) is 50.8 Å². The summed E-state index contributed by atoms with van der Waals surface area (Å²) in [5, 5.41) is 2.74. The van der Waals surface area contributed by atoms with Crippen LogP contribution in [0.3, 0.4) is 0 Å². The smallest absolute Gasteiger partial charge is 0.332 e. The summed E-state index contributed by atoms with van der Waals surface area (Å²) in [6.45, 7) is 7.68. The molecule has 3 heterocycles. The average molecular weight is 494 g/mol. The lowest BCUT2D eigenvalue weighted by atomic mass is 10.1. The first-order valence-electron chi connectivity index (χ1n) is 12.4. The van der Waals surface area contributed by atoms with Crippen LogP contribution in [-0.2, 0) is 31.4 Å². The van der Waals surface area contributed by atoms with Crippen molar-refractivity contribution in [3.05, 3.63) is 62.3 Å². The number of aromatic nitrogens is 4. The van der Waals surface area contributed by atoms with Gasteiger partial charge in [-0.25, -0.2) is 4.79 Å². The predicted octanol–water partition coefficient (Wildman–Crippen LogP) is 1.99. The molecule has 36 heavy (non-hydrogen) atoms. The molecular formula is C26H35N7O3.